The maximum absolute atomic E-state index is 13.9. The van der Waals surface area contributed by atoms with Crippen LogP contribution in [0.1, 0.15) is 49.7 Å². The normalized spacial score (nSPS) is 13.8. The van der Waals surface area contributed by atoms with E-state index in [2.05, 4.69) is 20.3 Å². The van der Waals surface area contributed by atoms with Crippen LogP contribution in [0.3, 0.4) is 0 Å². The number of nitrogens with zero attached hydrogens (tertiary/aromatic N) is 1. The number of para-hydroxylation sites is 2. The van der Waals surface area contributed by atoms with Gasteiger partial charge in [-0.3, -0.25) is 14.9 Å². The first-order valence-corrected chi connectivity index (χ1v) is 16.2. The lowest BCUT2D eigenvalue weighted by atomic mass is 10.00. The van der Waals surface area contributed by atoms with Crippen LogP contribution in [-0.2, 0) is 30.8 Å². The number of imidazole rings is 1. The number of ether oxygens (including phenoxy) is 1. The molecule has 3 aromatic carbocycles. The molecule has 4 aromatic rings. The molecular weight excluding hydrogens is 578 g/mol. The largest absolute Gasteiger partial charge is 0.468 e. The van der Waals surface area contributed by atoms with E-state index in [1.165, 1.54) is 19.2 Å². The number of aryl methyl sites for hydroxylation is 2. The zero-order valence-corrected chi connectivity index (χ0v) is 26.4. The Morgan fingerprint density at radius 3 is 2.25 bits per heavy atom. The fourth-order valence-electron chi connectivity index (χ4n) is 4.96. The van der Waals surface area contributed by atoms with E-state index in [-0.39, 0.29) is 29.7 Å². The van der Waals surface area contributed by atoms with Gasteiger partial charge in [-0.25, -0.2) is 18.1 Å². The lowest BCUT2D eigenvalue weighted by molar-refractivity contribution is -0.143. The van der Waals surface area contributed by atoms with E-state index in [4.69, 9.17) is 9.72 Å². The van der Waals surface area contributed by atoms with Crippen molar-refractivity contribution >= 4 is 32.9 Å². The van der Waals surface area contributed by atoms with Gasteiger partial charge in [-0.05, 0) is 61.9 Å². The Balaban J connectivity index is 1.51. The quantitative estimate of drug-likeness (QED) is 0.146. The molecule has 4 N–H and O–H groups in total. The van der Waals surface area contributed by atoms with Crippen LogP contribution in [0.2, 0.25) is 0 Å². The van der Waals surface area contributed by atoms with Crippen LogP contribution in [0.4, 0.5) is 0 Å². The number of H-pyrrole nitrogens is 1. The Morgan fingerprint density at radius 2 is 1.59 bits per heavy atom. The van der Waals surface area contributed by atoms with Crippen LogP contribution in [0.5, 0.6) is 0 Å². The van der Waals surface area contributed by atoms with Gasteiger partial charge in [0, 0.05) is 6.54 Å². The molecule has 0 aliphatic heterocycles. The first-order valence-electron chi connectivity index (χ1n) is 14.8. The van der Waals surface area contributed by atoms with Gasteiger partial charge in [0.15, 0.2) is 0 Å². The zero-order valence-electron chi connectivity index (χ0n) is 25.5. The number of esters is 1. The van der Waals surface area contributed by atoms with Gasteiger partial charge < -0.3 is 15.0 Å². The minimum Gasteiger partial charge on any atom is -0.468 e. The lowest BCUT2D eigenvalue weighted by Gasteiger charge is -2.27. The molecule has 44 heavy (non-hydrogen) atoms. The number of hydrogen-bond acceptors (Lipinski definition) is 7. The second-order valence-electron chi connectivity index (χ2n) is 11.2. The number of amides is 1. The fourth-order valence-corrected chi connectivity index (χ4v) is 6.01. The molecule has 234 valence electrons. The van der Waals surface area contributed by atoms with Crippen molar-refractivity contribution in [2.24, 2.45) is 5.92 Å². The standard InChI is InChI=1S/C33H41N5O5S/c1-22(2)30(31-36-26-12-8-9-13-27(26)37-31)38-32(39)28(19-16-24-10-6-5-7-11-24)35-29(33(40)43-4)20-21-34-44(41,42)25-17-14-23(3)15-18-25/h5-15,17-18,22,28-30,34-35H,16,19-21H2,1-4H3,(H,36,37)(H,38,39)/t28-,29+,30+/m0/s1. The summed E-state index contributed by atoms with van der Waals surface area (Å²) in [4.78, 5) is 34.9. The number of aromatic nitrogens is 2. The molecule has 10 nitrogen and oxygen atoms in total. The Bertz CT molecular complexity index is 1610. The molecule has 11 heteroatoms. The van der Waals surface area contributed by atoms with Crippen LogP contribution in [0.25, 0.3) is 11.0 Å². The molecule has 0 fully saturated rings. The number of methoxy groups -OCH3 is 1. The van der Waals surface area contributed by atoms with E-state index in [9.17, 15) is 18.0 Å². The van der Waals surface area contributed by atoms with Crippen molar-refractivity contribution in [3.05, 3.63) is 95.8 Å². The lowest BCUT2D eigenvalue weighted by Crippen LogP contribution is -2.53. The highest BCUT2D eigenvalue weighted by atomic mass is 32.2. The number of aromatic amines is 1. The highest BCUT2D eigenvalue weighted by Crippen LogP contribution is 2.23. The number of rotatable bonds is 15. The number of carbonyl (C=O) groups is 2. The minimum absolute atomic E-state index is 0.0156. The molecular formula is C33H41N5O5S. The summed E-state index contributed by atoms with van der Waals surface area (Å²) in [5.74, 6) is -0.225. The summed E-state index contributed by atoms with van der Waals surface area (Å²) in [6.45, 7) is 5.84. The molecule has 1 aromatic heterocycles. The van der Waals surface area contributed by atoms with Crippen molar-refractivity contribution in [1.82, 2.24) is 25.3 Å². The van der Waals surface area contributed by atoms with Gasteiger partial charge >= 0.3 is 5.97 Å². The summed E-state index contributed by atoms with van der Waals surface area (Å²) in [6, 6.07) is 21.8. The highest BCUT2D eigenvalue weighted by molar-refractivity contribution is 7.89. The fraction of sp³-hybridized carbons (Fsp3) is 0.364. The van der Waals surface area contributed by atoms with E-state index in [0.29, 0.717) is 18.7 Å². The molecule has 0 saturated heterocycles. The monoisotopic (exact) mass is 619 g/mol. The molecule has 1 amide bonds. The summed E-state index contributed by atoms with van der Waals surface area (Å²) < 4.78 is 33.2. The Hall–Kier alpha value is -4.06. The molecule has 0 saturated carbocycles. The third-order valence-electron chi connectivity index (χ3n) is 7.49. The summed E-state index contributed by atoms with van der Waals surface area (Å²) in [7, 11) is -2.52. The molecule has 0 spiro atoms. The maximum atomic E-state index is 13.9. The van der Waals surface area contributed by atoms with E-state index in [1.807, 2.05) is 75.4 Å². The predicted octanol–water partition coefficient (Wildman–Crippen LogP) is 4.19. The summed E-state index contributed by atoms with van der Waals surface area (Å²) in [5, 5.41) is 6.32. The van der Waals surface area contributed by atoms with Gasteiger partial charge in [-0.2, -0.15) is 0 Å². The number of nitrogens with one attached hydrogen (secondary N) is 4. The highest BCUT2D eigenvalue weighted by Gasteiger charge is 2.30. The Labute approximate surface area is 259 Å². The number of sulfonamides is 1. The van der Waals surface area contributed by atoms with Gasteiger partial charge in [0.25, 0.3) is 0 Å². The van der Waals surface area contributed by atoms with E-state index in [1.54, 1.807) is 12.1 Å². The molecule has 1 heterocycles. The van der Waals surface area contributed by atoms with Crippen LogP contribution in [0.15, 0.2) is 83.8 Å². The molecule has 0 bridgehead atoms. The van der Waals surface area contributed by atoms with Crippen molar-refractivity contribution in [2.45, 2.75) is 63.1 Å². The molecule has 4 rings (SSSR count). The molecule has 0 radical (unpaired) electrons. The number of carbonyl (C=O) groups excluding carboxylic acids is 2. The zero-order chi connectivity index (χ0) is 31.7. The Morgan fingerprint density at radius 1 is 0.909 bits per heavy atom. The average Bonchev–Trinajstić information content (AvgIpc) is 3.45. The topological polar surface area (TPSA) is 142 Å². The summed E-state index contributed by atoms with van der Waals surface area (Å²) in [5.41, 5.74) is 3.67. The second-order valence-corrected chi connectivity index (χ2v) is 13.0. The van der Waals surface area contributed by atoms with Crippen LogP contribution >= 0.6 is 0 Å². The average molecular weight is 620 g/mol. The number of hydrogen-bond donors (Lipinski definition) is 4. The van der Waals surface area contributed by atoms with E-state index < -0.39 is 34.1 Å². The predicted molar refractivity (Wildman–Crippen MR) is 170 cm³/mol. The first kappa shape index (κ1) is 32.8. The first-order chi connectivity index (χ1) is 21.1. The smallest absolute Gasteiger partial charge is 0.322 e. The third-order valence-corrected chi connectivity index (χ3v) is 8.97. The van der Waals surface area contributed by atoms with Crippen molar-refractivity contribution < 1.29 is 22.7 Å². The van der Waals surface area contributed by atoms with Crippen molar-refractivity contribution in [1.29, 1.82) is 0 Å². The third kappa shape index (κ3) is 8.75. The van der Waals surface area contributed by atoms with Gasteiger partial charge in [-0.1, -0.05) is 74.0 Å². The SMILES string of the molecule is COC(=O)[C@@H](CCNS(=O)(=O)c1ccc(C)cc1)N[C@@H](CCc1ccccc1)C(=O)N[C@@H](c1nc2ccccc2[nH]1)C(C)C. The van der Waals surface area contributed by atoms with Crippen molar-refractivity contribution in [3.8, 4) is 0 Å². The second kappa shape index (κ2) is 15.1. The Kier molecular flexibility index (Phi) is 11.3. The van der Waals surface area contributed by atoms with Crippen LogP contribution < -0.4 is 15.4 Å². The van der Waals surface area contributed by atoms with Gasteiger partial charge in [0.05, 0.1) is 35.1 Å². The van der Waals surface area contributed by atoms with Crippen molar-refractivity contribution in [3.63, 3.8) is 0 Å². The van der Waals surface area contributed by atoms with E-state index >= 15 is 0 Å². The minimum atomic E-state index is -3.78. The summed E-state index contributed by atoms with van der Waals surface area (Å²) >= 11 is 0. The maximum Gasteiger partial charge on any atom is 0.322 e. The molecule has 0 unspecified atom stereocenters. The van der Waals surface area contributed by atoms with Gasteiger partial charge in [-0.15, -0.1) is 0 Å². The summed E-state index contributed by atoms with van der Waals surface area (Å²) in [6.07, 6.45) is 1.05. The van der Waals surface area contributed by atoms with Crippen LogP contribution in [0, 0.1) is 12.8 Å². The molecule has 0 aliphatic carbocycles. The van der Waals surface area contributed by atoms with Gasteiger partial charge in [0.2, 0.25) is 15.9 Å². The van der Waals surface area contributed by atoms with Gasteiger partial charge in [0.1, 0.15) is 11.9 Å². The number of fused-ring (bicyclic) bond motifs is 1. The van der Waals surface area contributed by atoms with Crippen LogP contribution in [-0.4, -0.2) is 56.0 Å². The number of benzene rings is 3. The van der Waals surface area contributed by atoms with E-state index in [0.717, 1.165) is 22.2 Å². The molecule has 3 atom stereocenters. The van der Waals surface area contributed by atoms with Crippen molar-refractivity contribution in [2.75, 3.05) is 13.7 Å². The molecule has 0 aliphatic rings.